The lowest BCUT2D eigenvalue weighted by molar-refractivity contribution is -0.132. The van der Waals surface area contributed by atoms with Gasteiger partial charge in [0.25, 0.3) is 5.78 Å². The summed E-state index contributed by atoms with van der Waals surface area (Å²) in [7, 11) is 1.56. The van der Waals surface area contributed by atoms with E-state index < -0.39 is 17.7 Å². The van der Waals surface area contributed by atoms with E-state index >= 15 is 0 Å². The Labute approximate surface area is 217 Å². The second kappa shape index (κ2) is 9.59. The number of aromatic nitrogens is 1. The van der Waals surface area contributed by atoms with E-state index in [4.69, 9.17) is 9.47 Å². The highest BCUT2D eigenvalue weighted by molar-refractivity contribution is 7.22. The average Bonchev–Trinajstić information content (AvgIpc) is 3.41. The van der Waals surface area contributed by atoms with Crippen LogP contribution in [0.2, 0.25) is 0 Å². The minimum Gasteiger partial charge on any atom is -0.508 e. The quantitative estimate of drug-likeness (QED) is 0.200. The molecular formula is C28H24N2O6S. The summed E-state index contributed by atoms with van der Waals surface area (Å²) >= 11 is 1.24. The Hall–Kier alpha value is -4.37. The number of hydrogen-bond donors (Lipinski definition) is 2. The summed E-state index contributed by atoms with van der Waals surface area (Å²) in [6.45, 7) is 3.82. The summed E-state index contributed by atoms with van der Waals surface area (Å²) in [5.41, 5.74) is 1.49. The van der Waals surface area contributed by atoms with Crippen LogP contribution in [0.25, 0.3) is 16.0 Å². The number of anilines is 1. The Morgan fingerprint density at radius 3 is 2.32 bits per heavy atom. The molecule has 0 saturated carbocycles. The molecule has 5 rings (SSSR count). The van der Waals surface area contributed by atoms with Crippen LogP contribution in [0.4, 0.5) is 5.13 Å². The summed E-state index contributed by atoms with van der Waals surface area (Å²) in [4.78, 5) is 32.6. The molecule has 1 unspecified atom stereocenters. The van der Waals surface area contributed by atoms with Crippen molar-refractivity contribution in [1.82, 2.24) is 4.98 Å². The van der Waals surface area contributed by atoms with Crippen molar-refractivity contribution in [3.05, 3.63) is 83.4 Å². The third kappa shape index (κ3) is 4.49. The highest BCUT2D eigenvalue weighted by Crippen LogP contribution is 2.45. The zero-order valence-corrected chi connectivity index (χ0v) is 21.2. The second-order valence-corrected chi connectivity index (χ2v) is 9.79. The summed E-state index contributed by atoms with van der Waals surface area (Å²) in [5, 5.41) is 21.4. The van der Waals surface area contributed by atoms with Gasteiger partial charge in [-0.1, -0.05) is 23.5 Å². The number of nitrogens with zero attached hydrogens (tertiary/aromatic N) is 2. The first-order valence-corrected chi connectivity index (χ1v) is 12.4. The van der Waals surface area contributed by atoms with Crippen LogP contribution in [0.5, 0.6) is 17.2 Å². The van der Waals surface area contributed by atoms with Crippen LogP contribution in [0.3, 0.4) is 0 Å². The Bertz CT molecular complexity index is 1520. The predicted octanol–water partition coefficient (Wildman–Crippen LogP) is 5.42. The van der Waals surface area contributed by atoms with Crippen LogP contribution in [0.15, 0.2) is 72.3 Å². The van der Waals surface area contributed by atoms with Gasteiger partial charge in [-0.3, -0.25) is 14.5 Å². The van der Waals surface area contributed by atoms with Crippen molar-refractivity contribution in [2.24, 2.45) is 0 Å². The molecule has 1 aliphatic rings. The number of carbonyl (C=O) groups is 2. The zero-order valence-electron chi connectivity index (χ0n) is 20.3. The number of aliphatic hydroxyl groups excluding tert-OH is 1. The Morgan fingerprint density at radius 2 is 1.68 bits per heavy atom. The predicted molar refractivity (Wildman–Crippen MR) is 141 cm³/mol. The van der Waals surface area contributed by atoms with E-state index in [2.05, 4.69) is 4.98 Å². The van der Waals surface area contributed by atoms with Crippen LogP contribution in [0.1, 0.15) is 31.0 Å². The van der Waals surface area contributed by atoms with Crippen molar-refractivity contribution in [1.29, 1.82) is 0 Å². The molecule has 9 heteroatoms. The number of carbonyl (C=O) groups excluding carboxylic acids is 2. The fourth-order valence-corrected chi connectivity index (χ4v) is 5.26. The second-order valence-electron chi connectivity index (χ2n) is 8.78. The van der Waals surface area contributed by atoms with Crippen LogP contribution in [-0.4, -0.2) is 40.1 Å². The first-order chi connectivity index (χ1) is 17.8. The number of fused-ring (bicyclic) bond motifs is 1. The number of ether oxygens (including phenoxy) is 2. The Kier molecular flexibility index (Phi) is 6.31. The SMILES string of the molecule is COc1ccc2nc(N3C(=O)C(=O)/C(=C(/O)c4ccc(OC(C)C)cc4)C3c3ccc(O)cc3)sc2c1. The van der Waals surface area contributed by atoms with Crippen LogP contribution >= 0.6 is 11.3 Å². The number of phenolic OH excluding ortho intramolecular Hbond substituents is 1. The van der Waals surface area contributed by atoms with E-state index in [1.165, 1.54) is 28.4 Å². The molecule has 4 aromatic rings. The third-order valence-electron chi connectivity index (χ3n) is 5.94. The fraction of sp³-hybridized carbons (Fsp3) is 0.179. The van der Waals surface area contributed by atoms with Crippen LogP contribution in [0, 0.1) is 0 Å². The van der Waals surface area contributed by atoms with E-state index in [1.807, 2.05) is 19.9 Å². The molecule has 1 atom stereocenters. The number of Topliss-reactive ketones (excluding diaryl/α,β-unsaturated/α-hetero) is 1. The molecule has 1 aromatic heterocycles. The van der Waals surface area contributed by atoms with Crippen molar-refractivity contribution >= 4 is 44.1 Å². The van der Waals surface area contributed by atoms with Crippen LogP contribution < -0.4 is 14.4 Å². The number of rotatable bonds is 6. The summed E-state index contributed by atoms with van der Waals surface area (Å²) in [5.74, 6) is -0.636. The summed E-state index contributed by atoms with van der Waals surface area (Å²) in [6, 6.07) is 17.2. The van der Waals surface area contributed by atoms with Gasteiger partial charge < -0.3 is 19.7 Å². The number of aromatic hydroxyl groups is 1. The molecule has 8 nitrogen and oxygen atoms in total. The molecule has 188 valence electrons. The molecule has 0 aliphatic carbocycles. The van der Waals surface area contributed by atoms with Gasteiger partial charge in [-0.15, -0.1) is 0 Å². The lowest BCUT2D eigenvalue weighted by atomic mass is 9.95. The number of amides is 1. The van der Waals surface area contributed by atoms with Gasteiger partial charge >= 0.3 is 5.91 Å². The number of hydrogen-bond acceptors (Lipinski definition) is 8. The van der Waals surface area contributed by atoms with Gasteiger partial charge in [-0.2, -0.15) is 0 Å². The maximum Gasteiger partial charge on any atom is 0.301 e. The molecular weight excluding hydrogens is 492 g/mol. The molecule has 0 radical (unpaired) electrons. The number of thiazole rings is 1. The normalized spacial score (nSPS) is 17.1. The smallest absolute Gasteiger partial charge is 0.301 e. The average molecular weight is 517 g/mol. The van der Waals surface area contributed by atoms with Gasteiger partial charge in [0.05, 0.1) is 35.0 Å². The minimum atomic E-state index is -0.949. The molecule has 1 saturated heterocycles. The number of phenols is 1. The van der Waals surface area contributed by atoms with Crippen molar-refractivity contribution in [3.8, 4) is 17.2 Å². The fourth-order valence-electron chi connectivity index (χ4n) is 4.24. The highest BCUT2D eigenvalue weighted by Gasteiger charge is 2.48. The molecule has 2 N–H and O–H groups in total. The molecule has 37 heavy (non-hydrogen) atoms. The zero-order chi connectivity index (χ0) is 26.3. The monoisotopic (exact) mass is 516 g/mol. The van der Waals surface area contributed by atoms with Gasteiger partial charge in [-0.05, 0) is 74.0 Å². The van der Waals surface area contributed by atoms with Gasteiger partial charge in [0.2, 0.25) is 0 Å². The first-order valence-electron chi connectivity index (χ1n) is 11.6. The number of methoxy groups -OCH3 is 1. The number of benzene rings is 3. The maximum absolute atomic E-state index is 13.4. The Balaban J connectivity index is 1.65. The van der Waals surface area contributed by atoms with E-state index in [1.54, 1.807) is 55.6 Å². The Morgan fingerprint density at radius 1 is 1.00 bits per heavy atom. The van der Waals surface area contributed by atoms with E-state index in [0.717, 1.165) is 4.70 Å². The van der Waals surface area contributed by atoms with Gasteiger partial charge in [0.1, 0.15) is 23.0 Å². The third-order valence-corrected chi connectivity index (χ3v) is 6.96. The van der Waals surface area contributed by atoms with Gasteiger partial charge in [0.15, 0.2) is 5.13 Å². The topological polar surface area (TPSA) is 109 Å². The maximum atomic E-state index is 13.4. The molecule has 0 bridgehead atoms. The summed E-state index contributed by atoms with van der Waals surface area (Å²) < 4.78 is 11.7. The largest absolute Gasteiger partial charge is 0.508 e. The molecule has 1 aliphatic heterocycles. The number of aliphatic hydroxyl groups is 1. The van der Waals surface area contributed by atoms with E-state index in [0.29, 0.717) is 33.3 Å². The van der Waals surface area contributed by atoms with Crippen LogP contribution in [-0.2, 0) is 9.59 Å². The first kappa shape index (κ1) is 24.3. The molecule has 1 fully saturated rings. The van der Waals surface area contributed by atoms with Crippen molar-refractivity contribution in [2.75, 3.05) is 12.0 Å². The molecule has 1 amide bonds. The highest BCUT2D eigenvalue weighted by atomic mass is 32.1. The number of ketones is 1. The van der Waals surface area contributed by atoms with Crippen molar-refractivity contribution < 1.29 is 29.3 Å². The lowest BCUT2D eigenvalue weighted by Gasteiger charge is -2.23. The lowest BCUT2D eigenvalue weighted by Crippen LogP contribution is -2.29. The van der Waals surface area contributed by atoms with Crippen molar-refractivity contribution in [3.63, 3.8) is 0 Å². The minimum absolute atomic E-state index is 0.0203. The van der Waals surface area contributed by atoms with Crippen molar-refractivity contribution in [2.45, 2.75) is 26.0 Å². The molecule has 0 spiro atoms. The summed E-state index contributed by atoms with van der Waals surface area (Å²) in [6.07, 6.45) is -0.0203. The van der Waals surface area contributed by atoms with E-state index in [9.17, 15) is 19.8 Å². The molecule has 3 aromatic carbocycles. The standard InChI is InChI=1S/C28H24N2O6S/c1-15(2)36-19-10-6-17(7-11-19)25(32)23-24(16-4-8-18(31)9-5-16)30(27(34)26(23)33)28-29-21-13-12-20(35-3)14-22(21)37-28/h4-15,24,31-32H,1-3H3/b25-23+. The van der Waals surface area contributed by atoms with Gasteiger partial charge in [-0.25, -0.2) is 4.98 Å². The van der Waals surface area contributed by atoms with E-state index in [-0.39, 0.29) is 23.2 Å². The molecule has 2 heterocycles. The van der Waals surface area contributed by atoms with Gasteiger partial charge in [0, 0.05) is 5.56 Å².